The highest BCUT2D eigenvalue weighted by Crippen LogP contribution is 2.25. The molecule has 1 heterocycles. The van der Waals surface area contributed by atoms with Crippen LogP contribution >= 0.6 is 12.2 Å². The van der Waals surface area contributed by atoms with Crippen molar-refractivity contribution in [3.8, 4) is 0 Å². The Balaban J connectivity index is 2.32. The van der Waals surface area contributed by atoms with E-state index in [2.05, 4.69) is 28.9 Å². The quantitative estimate of drug-likeness (QED) is 0.859. The third-order valence-electron chi connectivity index (χ3n) is 2.86. The topological polar surface area (TPSA) is 42.1 Å². The van der Waals surface area contributed by atoms with Gasteiger partial charge >= 0.3 is 0 Å². The van der Waals surface area contributed by atoms with Gasteiger partial charge in [0.25, 0.3) is 0 Å². The van der Waals surface area contributed by atoms with Crippen molar-refractivity contribution in [3.63, 3.8) is 0 Å². The van der Waals surface area contributed by atoms with Gasteiger partial charge in [-0.1, -0.05) is 30.4 Å². The first-order chi connectivity index (χ1) is 8.59. The number of nitrogens with two attached hydrogens (primary N) is 1. The van der Waals surface area contributed by atoms with Crippen molar-refractivity contribution < 1.29 is 0 Å². The summed E-state index contributed by atoms with van der Waals surface area (Å²) in [5.41, 5.74) is 9.56. The van der Waals surface area contributed by atoms with Gasteiger partial charge in [-0.15, -0.1) is 0 Å². The van der Waals surface area contributed by atoms with E-state index < -0.39 is 0 Å². The molecule has 0 amide bonds. The van der Waals surface area contributed by atoms with E-state index in [1.54, 1.807) is 6.20 Å². The molecule has 3 nitrogen and oxygen atoms in total. The third kappa shape index (κ3) is 2.49. The minimum atomic E-state index is 0.320. The lowest BCUT2D eigenvalue weighted by atomic mass is 10.2. The number of benzene rings is 1. The van der Waals surface area contributed by atoms with E-state index in [9.17, 15) is 0 Å². The van der Waals surface area contributed by atoms with E-state index in [4.69, 9.17) is 18.0 Å². The first kappa shape index (κ1) is 12.5. The summed E-state index contributed by atoms with van der Waals surface area (Å²) in [4.78, 5) is 6.66. The largest absolute Gasteiger partial charge is 0.388 e. The maximum absolute atomic E-state index is 5.53. The summed E-state index contributed by atoms with van der Waals surface area (Å²) in [5.74, 6) is 0. The van der Waals surface area contributed by atoms with Crippen LogP contribution in [0.15, 0.2) is 42.6 Å². The van der Waals surface area contributed by atoms with Crippen molar-refractivity contribution in [2.45, 2.75) is 6.92 Å². The van der Waals surface area contributed by atoms with E-state index in [1.807, 2.05) is 31.3 Å². The molecular weight excluding hydrogens is 242 g/mol. The SMILES string of the molecule is Cc1ccccc1N(C)c1ccc(C(N)=S)nc1. The second-order valence-corrected chi connectivity index (χ2v) is 4.55. The van der Waals surface area contributed by atoms with E-state index in [-0.39, 0.29) is 0 Å². The third-order valence-corrected chi connectivity index (χ3v) is 3.07. The van der Waals surface area contributed by atoms with Gasteiger partial charge in [0.1, 0.15) is 4.99 Å². The minimum Gasteiger partial charge on any atom is -0.388 e. The predicted molar refractivity (Wildman–Crippen MR) is 79.4 cm³/mol. The van der Waals surface area contributed by atoms with Crippen molar-refractivity contribution in [2.24, 2.45) is 5.73 Å². The van der Waals surface area contributed by atoms with Crippen LogP contribution in [0.25, 0.3) is 0 Å². The Bertz CT molecular complexity index is 564. The highest BCUT2D eigenvalue weighted by molar-refractivity contribution is 7.80. The van der Waals surface area contributed by atoms with Gasteiger partial charge in [0, 0.05) is 12.7 Å². The van der Waals surface area contributed by atoms with Crippen LogP contribution < -0.4 is 10.6 Å². The van der Waals surface area contributed by atoms with E-state index in [0.29, 0.717) is 10.7 Å². The fraction of sp³-hybridized carbons (Fsp3) is 0.143. The van der Waals surface area contributed by atoms with Gasteiger partial charge in [-0.3, -0.25) is 4.98 Å². The maximum Gasteiger partial charge on any atom is 0.122 e. The van der Waals surface area contributed by atoms with Gasteiger partial charge in [-0.05, 0) is 30.7 Å². The number of nitrogens with zero attached hydrogens (tertiary/aromatic N) is 2. The first-order valence-electron chi connectivity index (χ1n) is 5.65. The number of para-hydroxylation sites is 1. The average molecular weight is 257 g/mol. The molecule has 2 rings (SSSR count). The van der Waals surface area contributed by atoms with Crippen LogP contribution in [-0.2, 0) is 0 Å². The summed E-state index contributed by atoms with van der Waals surface area (Å²) in [6.45, 7) is 2.09. The molecule has 1 aromatic heterocycles. The molecule has 0 atom stereocenters. The molecule has 0 aliphatic heterocycles. The fourth-order valence-electron chi connectivity index (χ4n) is 1.81. The fourth-order valence-corrected chi connectivity index (χ4v) is 1.93. The molecule has 18 heavy (non-hydrogen) atoms. The lowest BCUT2D eigenvalue weighted by Crippen LogP contribution is -2.14. The highest BCUT2D eigenvalue weighted by Gasteiger charge is 2.07. The second kappa shape index (κ2) is 5.14. The molecule has 0 bridgehead atoms. The number of pyridine rings is 1. The summed E-state index contributed by atoms with van der Waals surface area (Å²) in [6.07, 6.45) is 1.78. The lowest BCUT2D eigenvalue weighted by Gasteiger charge is -2.21. The Kier molecular flexibility index (Phi) is 3.58. The molecule has 4 heteroatoms. The van der Waals surface area contributed by atoms with Crippen molar-refractivity contribution in [1.29, 1.82) is 0 Å². The molecule has 0 unspecified atom stereocenters. The van der Waals surface area contributed by atoms with Crippen LogP contribution in [0, 0.1) is 6.92 Å². The van der Waals surface area contributed by atoms with Crippen LogP contribution in [0.4, 0.5) is 11.4 Å². The monoisotopic (exact) mass is 257 g/mol. The Morgan fingerprint density at radius 1 is 1.22 bits per heavy atom. The van der Waals surface area contributed by atoms with Crippen molar-refractivity contribution in [1.82, 2.24) is 4.98 Å². The van der Waals surface area contributed by atoms with Gasteiger partial charge in [0.2, 0.25) is 0 Å². The van der Waals surface area contributed by atoms with Crippen molar-refractivity contribution >= 4 is 28.6 Å². The molecule has 2 aromatic rings. The number of anilines is 2. The summed E-state index contributed by atoms with van der Waals surface area (Å²) >= 11 is 4.89. The molecule has 0 aliphatic carbocycles. The number of rotatable bonds is 3. The van der Waals surface area contributed by atoms with Crippen LogP contribution in [0.5, 0.6) is 0 Å². The van der Waals surface area contributed by atoms with Crippen molar-refractivity contribution in [3.05, 3.63) is 53.9 Å². The second-order valence-electron chi connectivity index (χ2n) is 4.11. The summed E-state index contributed by atoms with van der Waals surface area (Å²) < 4.78 is 0. The highest BCUT2D eigenvalue weighted by atomic mass is 32.1. The standard InChI is InChI=1S/C14H15N3S/c1-10-5-3-4-6-13(10)17(2)11-7-8-12(14(15)18)16-9-11/h3-9H,1-2H3,(H2,15,18). The van der Waals surface area contributed by atoms with Crippen LogP contribution in [0.2, 0.25) is 0 Å². The molecule has 0 spiro atoms. The summed E-state index contributed by atoms with van der Waals surface area (Å²) in [6, 6.07) is 12.0. The molecule has 92 valence electrons. The zero-order chi connectivity index (χ0) is 13.1. The molecule has 0 saturated carbocycles. The number of aryl methyl sites for hydroxylation is 1. The number of thiocarbonyl (C=S) groups is 1. The van der Waals surface area contributed by atoms with E-state index in [1.165, 1.54) is 5.56 Å². The van der Waals surface area contributed by atoms with E-state index in [0.717, 1.165) is 11.4 Å². The average Bonchev–Trinajstić information content (AvgIpc) is 2.38. The zero-order valence-corrected chi connectivity index (χ0v) is 11.2. The molecule has 0 radical (unpaired) electrons. The van der Waals surface area contributed by atoms with Crippen LogP contribution in [-0.4, -0.2) is 17.0 Å². The van der Waals surface area contributed by atoms with Gasteiger partial charge in [-0.25, -0.2) is 0 Å². The van der Waals surface area contributed by atoms with Gasteiger partial charge in [0.15, 0.2) is 0 Å². The minimum absolute atomic E-state index is 0.320. The maximum atomic E-state index is 5.53. The molecule has 0 aliphatic rings. The normalized spacial score (nSPS) is 10.1. The van der Waals surface area contributed by atoms with E-state index >= 15 is 0 Å². The molecule has 1 aromatic carbocycles. The van der Waals surface area contributed by atoms with Crippen LogP contribution in [0.3, 0.4) is 0 Å². The summed E-state index contributed by atoms with van der Waals surface area (Å²) in [5, 5.41) is 0. The lowest BCUT2D eigenvalue weighted by molar-refractivity contribution is 1.15. The Morgan fingerprint density at radius 3 is 2.50 bits per heavy atom. The number of aromatic nitrogens is 1. The Labute approximate surface area is 112 Å². The van der Waals surface area contributed by atoms with Crippen molar-refractivity contribution in [2.75, 3.05) is 11.9 Å². The van der Waals surface area contributed by atoms with Gasteiger partial charge in [0.05, 0.1) is 17.6 Å². The molecular formula is C14H15N3S. The molecule has 0 fully saturated rings. The Morgan fingerprint density at radius 2 is 1.94 bits per heavy atom. The molecule has 2 N–H and O–H groups in total. The Hall–Kier alpha value is -1.94. The number of hydrogen-bond acceptors (Lipinski definition) is 3. The zero-order valence-electron chi connectivity index (χ0n) is 10.4. The number of hydrogen-bond donors (Lipinski definition) is 1. The van der Waals surface area contributed by atoms with Gasteiger partial charge in [-0.2, -0.15) is 0 Å². The molecule has 0 saturated heterocycles. The first-order valence-corrected chi connectivity index (χ1v) is 6.05. The van der Waals surface area contributed by atoms with Crippen LogP contribution in [0.1, 0.15) is 11.3 Å². The van der Waals surface area contributed by atoms with Gasteiger partial charge < -0.3 is 10.6 Å². The predicted octanol–water partition coefficient (Wildman–Crippen LogP) is 2.79. The smallest absolute Gasteiger partial charge is 0.122 e. The summed E-state index contributed by atoms with van der Waals surface area (Å²) in [7, 11) is 2.01.